The highest BCUT2D eigenvalue weighted by Gasteiger charge is 2.13. The molecular weight excluding hydrogens is 260 g/mol. The number of methoxy groups -OCH3 is 3. The van der Waals surface area contributed by atoms with E-state index in [2.05, 4.69) is 14.7 Å². The van der Waals surface area contributed by atoms with Crippen LogP contribution in [0.15, 0.2) is 30.6 Å². The molecule has 1 aromatic heterocycles. The highest BCUT2D eigenvalue weighted by atomic mass is 16.5. The molecule has 1 aromatic carbocycles. The summed E-state index contributed by atoms with van der Waals surface area (Å²) in [4.78, 5) is 19.7. The smallest absolute Gasteiger partial charge is 0.358 e. The van der Waals surface area contributed by atoms with Crippen LogP contribution >= 0.6 is 0 Å². The molecule has 0 atom stereocenters. The summed E-state index contributed by atoms with van der Waals surface area (Å²) < 4.78 is 15.1. The molecule has 0 saturated carbocycles. The summed E-state index contributed by atoms with van der Waals surface area (Å²) in [6.07, 6.45) is 2.90. The summed E-state index contributed by atoms with van der Waals surface area (Å²) in [6, 6.07) is 5.31. The molecule has 104 valence electrons. The van der Waals surface area contributed by atoms with Crippen molar-refractivity contribution >= 4 is 5.97 Å². The fourth-order valence-electron chi connectivity index (χ4n) is 1.71. The van der Waals surface area contributed by atoms with E-state index in [1.165, 1.54) is 13.3 Å². The van der Waals surface area contributed by atoms with E-state index >= 15 is 0 Å². The van der Waals surface area contributed by atoms with Crippen LogP contribution < -0.4 is 9.47 Å². The predicted octanol–water partition coefficient (Wildman–Crippen LogP) is 1.95. The van der Waals surface area contributed by atoms with Gasteiger partial charge in [-0.1, -0.05) is 0 Å². The van der Waals surface area contributed by atoms with E-state index < -0.39 is 5.97 Å². The zero-order valence-corrected chi connectivity index (χ0v) is 11.4. The number of carbonyl (C=O) groups is 1. The van der Waals surface area contributed by atoms with Gasteiger partial charge in [0, 0.05) is 11.6 Å². The minimum absolute atomic E-state index is 0.142. The highest BCUT2D eigenvalue weighted by Crippen LogP contribution is 2.31. The molecule has 0 aliphatic carbocycles. The Hall–Kier alpha value is -2.63. The lowest BCUT2D eigenvalue weighted by atomic mass is 10.1. The van der Waals surface area contributed by atoms with E-state index in [1.807, 2.05) is 0 Å². The van der Waals surface area contributed by atoms with Gasteiger partial charge in [0.05, 0.1) is 39.4 Å². The van der Waals surface area contributed by atoms with E-state index in [4.69, 9.17) is 9.47 Å². The van der Waals surface area contributed by atoms with Crippen LogP contribution in [0.1, 0.15) is 10.5 Å². The standard InChI is InChI=1S/C14H14N2O4/c1-18-9-4-5-10(13(6-9)19-2)11-7-15-8-12(16-11)14(17)20-3/h4-8H,1-3H3. The molecule has 0 spiro atoms. The van der Waals surface area contributed by atoms with Crippen molar-refractivity contribution in [3.63, 3.8) is 0 Å². The molecule has 20 heavy (non-hydrogen) atoms. The van der Waals surface area contributed by atoms with Gasteiger partial charge >= 0.3 is 5.97 Å². The molecule has 0 saturated heterocycles. The number of esters is 1. The number of hydrogen-bond acceptors (Lipinski definition) is 6. The van der Waals surface area contributed by atoms with Crippen LogP contribution in [0.25, 0.3) is 11.3 Å². The Morgan fingerprint density at radius 2 is 1.90 bits per heavy atom. The lowest BCUT2D eigenvalue weighted by molar-refractivity contribution is 0.0593. The Bertz CT molecular complexity index is 628. The van der Waals surface area contributed by atoms with E-state index in [1.54, 1.807) is 38.6 Å². The average molecular weight is 274 g/mol. The maximum atomic E-state index is 11.5. The fourth-order valence-corrected chi connectivity index (χ4v) is 1.71. The molecular formula is C14H14N2O4. The highest BCUT2D eigenvalue weighted by molar-refractivity contribution is 5.87. The number of aromatic nitrogens is 2. The van der Waals surface area contributed by atoms with Crippen molar-refractivity contribution in [3.05, 3.63) is 36.3 Å². The number of carbonyl (C=O) groups excluding carboxylic acids is 1. The summed E-state index contributed by atoms with van der Waals surface area (Å²) in [5.74, 6) is 0.718. The fraction of sp³-hybridized carbons (Fsp3) is 0.214. The first-order valence-corrected chi connectivity index (χ1v) is 5.82. The summed E-state index contributed by atoms with van der Waals surface area (Å²) in [7, 11) is 4.42. The molecule has 0 unspecified atom stereocenters. The average Bonchev–Trinajstić information content (AvgIpc) is 2.53. The van der Waals surface area contributed by atoms with Crippen LogP contribution in [0.2, 0.25) is 0 Å². The van der Waals surface area contributed by atoms with Gasteiger partial charge in [-0.25, -0.2) is 9.78 Å². The molecule has 0 N–H and O–H groups in total. The normalized spacial score (nSPS) is 9.95. The molecule has 2 aromatic rings. The van der Waals surface area contributed by atoms with Gasteiger partial charge in [0.2, 0.25) is 0 Å². The number of rotatable bonds is 4. The van der Waals surface area contributed by atoms with E-state index in [9.17, 15) is 4.79 Å². The second kappa shape index (κ2) is 6.01. The van der Waals surface area contributed by atoms with Gasteiger partial charge in [-0.3, -0.25) is 4.98 Å². The second-order valence-electron chi connectivity index (χ2n) is 3.85. The summed E-state index contributed by atoms with van der Waals surface area (Å²) in [6.45, 7) is 0. The first kappa shape index (κ1) is 13.8. The topological polar surface area (TPSA) is 70.5 Å². The van der Waals surface area contributed by atoms with Crippen LogP contribution in [-0.4, -0.2) is 37.3 Å². The van der Waals surface area contributed by atoms with Crippen LogP contribution in [0.4, 0.5) is 0 Å². The number of hydrogen-bond donors (Lipinski definition) is 0. The monoisotopic (exact) mass is 274 g/mol. The minimum Gasteiger partial charge on any atom is -0.497 e. The third-order valence-electron chi connectivity index (χ3n) is 2.71. The third kappa shape index (κ3) is 2.69. The van der Waals surface area contributed by atoms with Crippen LogP contribution in [-0.2, 0) is 4.74 Å². The third-order valence-corrected chi connectivity index (χ3v) is 2.71. The van der Waals surface area contributed by atoms with Crippen molar-refractivity contribution in [3.8, 4) is 22.8 Å². The molecule has 0 amide bonds. The maximum absolute atomic E-state index is 11.5. The van der Waals surface area contributed by atoms with Gasteiger partial charge in [-0.05, 0) is 12.1 Å². The van der Waals surface area contributed by atoms with Crippen molar-refractivity contribution in [2.45, 2.75) is 0 Å². The Balaban J connectivity index is 2.48. The van der Waals surface area contributed by atoms with Crippen molar-refractivity contribution in [1.82, 2.24) is 9.97 Å². The number of ether oxygens (including phenoxy) is 3. The Labute approximate surface area is 116 Å². The van der Waals surface area contributed by atoms with Crippen molar-refractivity contribution < 1.29 is 19.0 Å². The van der Waals surface area contributed by atoms with E-state index in [-0.39, 0.29) is 5.69 Å². The van der Waals surface area contributed by atoms with Crippen LogP contribution in [0.5, 0.6) is 11.5 Å². The Kier molecular flexibility index (Phi) is 4.14. The number of nitrogens with zero attached hydrogens (tertiary/aromatic N) is 2. The van der Waals surface area contributed by atoms with Crippen molar-refractivity contribution in [2.24, 2.45) is 0 Å². The number of benzene rings is 1. The zero-order valence-electron chi connectivity index (χ0n) is 11.4. The van der Waals surface area contributed by atoms with Gasteiger partial charge in [0.25, 0.3) is 0 Å². The quantitative estimate of drug-likeness (QED) is 0.794. The first-order valence-electron chi connectivity index (χ1n) is 5.82. The van der Waals surface area contributed by atoms with Gasteiger partial charge < -0.3 is 14.2 Å². The van der Waals surface area contributed by atoms with Crippen LogP contribution in [0, 0.1) is 0 Å². The largest absolute Gasteiger partial charge is 0.497 e. The molecule has 0 bridgehead atoms. The molecule has 2 rings (SSSR count). The molecule has 0 radical (unpaired) electrons. The minimum atomic E-state index is -0.535. The molecule has 0 aliphatic heterocycles. The Morgan fingerprint density at radius 1 is 1.10 bits per heavy atom. The zero-order chi connectivity index (χ0) is 14.5. The lowest BCUT2D eigenvalue weighted by Crippen LogP contribution is -2.05. The van der Waals surface area contributed by atoms with Gasteiger partial charge in [-0.2, -0.15) is 0 Å². The maximum Gasteiger partial charge on any atom is 0.358 e. The molecule has 6 heteroatoms. The van der Waals surface area contributed by atoms with Crippen molar-refractivity contribution in [2.75, 3.05) is 21.3 Å². The molecule has 1 heterocycles. The Morgan fingerprint density at radius 3 is 2.55 bits per heavy atom. The first-order chi connectivity index (χ1) is 9.69. The van der Waals surface area contributed by atoms with E-state index in [0.717, 1.165) is 0 Å². The van der Waals surface area contributed by atoms with Gasteiger partial charge in [-0.15, -0.1) is 0 Å². The molecule has 0 aliphatic rings. The lowest BCUT2D eigenvalue weighted by Gasteiger charge is -2.10. The SMILES string of the molecule is COC(=O)c1cncc(-c2ccc(OC)cc2OC)n1. The van der Waals surface area contributed by atoms with E-state index in [0.29, 0.717) is 22.8 Å². The van der Waals surface area contributed by atoms with Gasteiger partial charge in [0.1, 0.15) is 11.5 Å². The van der Waals surface area contributed by atoms with Gasteiger partial charge in [0.15, 0.2) is 5.69 Å². The summed E-state index contributed by atoms with van der Waals surface area (Å²) in [5.41, 5.74) is 1.38. The molecule has 0 fully saturated rings. The summed E-state index contributed by atoms with van der Waals surface area (Å²) >= 11 is 0. The van der Waals surface area contributed by atoms with Crippen LogP contribution in [0.3, 0.4) is 0 Å². The second-order valence-corrected chi connectivity index (χ2v) is 3.85. The van der Waals surface area contributed by atoms with Crippen molar-refractivity contribution in [1.29, 1.82) is 0 Å². The summed E-state index contributed by atoms with van der Waals surface area (Å²) in [5, 5.41) is 0. The predicted molar refractivity (Wildman–Crippen MR) is 71.9 cm³/mol. The molecule has 6 nitrogen and oxygen atoms in total.